The van der Waals surface area contributed by atoms with Crippen molar-refractivity contribution in [2.45, 2.75) is 44.6 Å². The highest BCUT2D eigenvalue weighted by atomic mass is 32.2. The monoisotopic (exact) mass is 496 g/mol. The molecule has 0 aliphatic carbocycles. The molecule has 4 aromatic rings. The van der Waals surface area contributed by atoms with E-state index in [1.807, 2.05) is 29.8 Å². The normalized spacial score (nSPS) is 11.7. The van der Waals surface area contributed by atoms with Crippen molar-refractivity contribution >= 4 is 42.4 Å². The van der Waals surface area contributed by atoms with Gasteiger partial charge >= 0.3 is 0 Å². The molecule has 9 heteroatoms. The number of aryl methyl sites for hydroxylation is 3. The van der Waals surface area contributed by atoms with Crippen LogP contribution in [0.1, 0.15) is 30.9 Å². The van der Waals surface area contributed by atoms with E-state index in [1.54, 1.807) is 41.7 Å². The van der Waals surface area contributed by atoms with Gasteiger partial charge in [-0.2, -0.15) is 0 Å². The fraction of sp³-hybridized carbons (Fsp3) is 0.320. The van der Waals surface area contributed by atoms with Crippen LogP contribution in [-0.4, -0.2) is 41.2 Å². The molecule has 0 saturated heterocycles. The predicted molar refractivity (Wildman–Crippen MR) is 136 cm³/mol. The van der Waals surface area contributed by atoms with Gasteiger partial charge in [0.1, 0.15) is 0 Å². The van der Waals surface area contributed by atoms with Gasteiger partial charge in [-0.25, -0.2) is 18.4 Å². The summed E-state index contributed by atoms with van der Waals surface area (Å²) >= 11 is 1.47. The van der Waals surface area contributed by atoms with Gasteiger partial charge in [0.05, 0.1) is 27.2 Å². The minimum Gasteiger partial charge on any atom is -0.337 e. The van der Waals surface area contributed by atoms with Crippen molar-refractivity contribution in [1.82, 2.24) is 14.5 Å². The first kappa shape index (κ1) is 24.1. The molecule has 0 fully saturated rings. The second kappa shape index (κ2) is 10.5. The third kappa shape index (κ3) is 5.71. The maximum absolute atomic E-state index is 13.3. The van der Waals surface area contributed by atoms with Crippen molar-refractivity contribution < 1.29 is 13.2 Å². The van der Waals surface area contributed by atoms with Crippen molar-refractivity contribution in [3.8, 4) is 0 Å². The summed E-state index contributed by atoms with van der Waals surface area (Å²) in [5.41, 5.74) is 3.04. The molecule has 1 amide bonds. The number of sulfone groups is 1. The summed E-state index contributed by atoms with van der Waals surface area (Å²) in [5.74, 6) is -0.478. The molecule has 0 aliphatic heterocycles. The maximum Gasteiger partial charge on any atom is 0.229 e. The largest absolute Gasteiger partial charge is 0.337 e. The molecule has 2 heterocycles. The summed E-state index contributed by atoms with van der Waals surface area (Å²) in [7, 11) is -3.55. The van der Waals surface area contributed by atoms with Gasteiger partial charge in [0, 0.05) is 31.9 Å². The second-order valence-electron chi connectivity index (χ2n) is 8.23. The van der Waals surface area contributed by atoms with E-state index in [0.717, 1.165) is 22.2 Å². The van der Waals surface area contributed by atoms with Crippen LogP contribution in [0.5, 0.6) is 0 Å². The fourth-order valence-electron chi connectivity index (χ4n) is 3.67. The summed E-state index contributed by atoms with van der Waals surface area (Å²) < 4.78 is 28.6. The molecule has 0 radical (unpaired) electrons. The Morgan fingerprint density at radius 3 is 2.65 bits per heavy atom. The molecule has 0 saturated carbocycles. The number of amides is 1. The highest BCUT2D eigenvalue weighted by Gasteiger charge is 2.23. The molecule has 0 aliphatic rings. The lowest BCUT2D eigenvalue weighted by Gasteiger charge is -2.20. The van der Waals surface area contributed by atoms with Crippen LogP contribution in [0.25, 0.3) is 10.2 Å². The number of anilines is 1. The van der Waals surface area contributed by atoms with E-state index in [-0.39, 0.29) is 23.0 Å². The minimum absolute atomic E-state index is 0.0998. The molecule has 0 atom stereocenters. The van der Waals surface area contributed by atoms with E-state index in [4.69, 9.17) is 4.98 Å². The van der Waals surface area contributed by atoms with E-state index in [9.17, 15) is 13.2 Å². The van der Waals surface area contributed by atoms with Crippen molar-refractivity contribution in [2.24, 2.45) is 0 Å². The Morgan fingerprint density at radius 1 is 1.15 bits per heavy atom. The number of nitrogens with zero attached hydrogens (tertiary/aromatic N) is 4. The lowest BCUT2D eigenvalue weighted by molar-refractivity contribution is -0.118. The van der Waals surface area contributed by atoms with E-state index in [1.165, 1.54) is 16.9 Å². The van der Waals surface area contributed by atoms with Crippen molar-refractivity contribution in [3.05, 3.63) is 72.3 Å². The summed E-state index contributed by atoms with van der Waals surface area (Å²) in [6.07, 6.45) is 6.86. The maximum atomic E-state index is 13.3. The van der Waals surface area contributed by atoms with Gasteiger partial charge in [0.2, 0.25) is 5.91 Å². The Bertz CT molecular complexity index is 1360. The van der Waals surface area contributed by atoms with Gasteiger partial charge in [-0.15, -0.1) is 0 Å². The number of thiazole rings is 1. The van der Waals surface area contributed by atoms with E-state index in [0.29, 0.717) is 24.6 Å². The first-order valence-electron chi connectivity index (χ1n) is 11.3. The number of hydrogen-bond donors (Lipinski definition) is 0. The van der Waals surface area contributed by atoms with Crippen molar-refractivity contribution in [1.29, 1.82) is 0 Å². The number of benzene rings is 2. The lowest BCUT2D eigenvalue weighted by Crippen LogP contribution is -2.33. The zero-order valence-corrected chi connectivity index (χ0v) is 21.0. The van der Waals surface area contributed by atoms with Crippen LogP contribution in [-0.2, 0) is 27.6 Å². The number of aromatic nitrogens is 3. The minimum atomic E-state index is -3.55. The number of carbonyl (C=O) groups is 1. The SMILES string of the molecule is CCc1ccc2nc(N(CCCn3ccnc3)C(=O)CCS(=O)(=O)c3ccc(C)cc3)sc2c1. The molecule has 0 spiro atoms. The van der Waals surface area contributed by atoms with Gasteiger partial charge in [-0.1, -0.05) is 42.0 Å². The average Bonchev–Trinajstić information content (AvgIpc) is 3.50. The highest BCUT2D eigenvalue weighted by molar-refractivity contribution is 7.91. The lowest BCUT2D eigenvalue weighted by atomic mass is 10.2. The number of rotatable bonds is 10. The van der Waals surface area contributed by atoms with Crippen LogP contribution in [0.4, 0.5) is 5.13 Å². The van der Waals surface area contributed by atoms with E-state index >= 15 is 0 Å². The van der Waals surface area contributed by atoms with Crippen LogP contribution < -0.4 is 4.90 Å². The van der Waals surface area contributed by atoms with Gasteiger partial charge in [0.15, 0.2) is 15.0 Å². The summed E-state index contributed by atoms with van der Waals surface area (Å²) in [4.78, 5) is 23.9. The van der Waals surface area contributed by atoms with Crippen LogP contribution in [0.2, 0.25) is 0 Å². The Balaban J connectivity index is 1.52. The Labute approximate surface area is 204 Å². The van der Waals surface area contributed by atoms with Crippen LogP contribution in [0, 0.1) is 6.92 Å². The molecule has 7 nitrogen and oxygen atoms in total. The zero-order chi connectivity index (χ0) is 24.1. The van der Waals surface area contributed by atoms with Gasteiger partial charge < -0.3 is 4.57 Å². The molecule has 0 unspecified atom stereocenters. The third-order valence-corrected chi connectivity index (χ3v) is 8.48. The number of fused-ring (bicyclic) bond motifs is 1. The molecular weight excluding hydrogens is 468 g/mol. The van der Waals surface area contributed by atoms with Gasteiger partial charge in [-0.05, 0) is 49.6 Å². The second-order valence-corrected chi connectivity index (χ2v) is 11.4. The Hall–Kier alpha value is -3.04. The highest BCUT2D eigenvalue weighted by Crippen LogP contribution is 2.30. The Kier molecular flexibility index (Phi) is 7.43. The summed E-state index contributed by atoms with van der Waals surface area (Å²) in [6, 6.07) is 12.8. The van der Waals surface area contributed by atoms with Crippen molar-refractivity contribution in [3.63, 3.8) is 0 Å². The van der Waals surface area contributed by atoms with Crippen molar-refractivity contribution in [2.75, 3.05) is 17.2 Å². The Morgan fingerprint density at radius 2 is 1.94 bits per heavy atom. The smallest absolute Gasteiger partial charge is 0.229 e. The first-order valence-corrected chi connectivity index (χ1v) is 13.8. The predicted octanol–water partition coefficient (Wildman–Crippen LogP) is 4.65. The third-order valence-electron chi connectivity index (χ3n) is 5.70. The molecule has 0 bridgehead atoms. The number of hydrogen-bond acceptors (Lipinski definition) is 6. The average molecular weight is 497 g/mol. The molecule has 0 N–H and O–H groups in total. The van der Waals surface area contributed by atoms with Crippen LogP contribution in [0.15, 0.2) is 66.1 Å². The molecule has 178 valence electrons. The van der Waals surface area contributed by atoms with Gasteiger partial charge in [-0.3, -0.25) is 9.69 Å². The topological polar surface area (TPSA) is 85.2 Å². The molecule has 2 aromatic heterocycles. The van der Waals surface area contributed by atoms with Gasteiger partial charge in [0.25, 0.3) is 0 Å². The van der Waals surface area contributed by atoms with Crippen LogP contribution >= 0.6 is 11.3 Å². The van der Waals surface area contributed by atoms with E-state index in [2.05, 4.69) is 18.0 Å². The zero-order valence-electron chi connectivity index (χ0n) is 19.3. The number of carbonyl (C=O) groups excluding carboxylic acids is 1. The fourth-order valence-corrected chi connectivity index (χ4v) is 5.97. The molecular formula is C25H28N4O3S2. The molecule has 4 rings (SSSR count). The quantitative estimate of drug-likeness (QED) is 0.319. The summed E-state index contributed by atoms with van der Waals surface area (Å²) in [6.45, 7) is 5.16. The molecule has 2 aromatic carbocycles. The van der Waals surface area contributed by atoms with Crippen LogP contribution in [0.3, 0.4) is 0 Å². The van der Waals surface area contributed by atoms with E-state index < -0.39 is 9.84 Å². The first-order chi connectivity index (χ1) is 16.4. The summed E-state index contributed by atoms with van der Waals surface area (Å²) in [5, 5.41) is 0.603. The molecule has 34 heavy (non-hydrogen) atoms. The standard InChI is InChI=1S/C25H28N4O3S2/c1-3-20-7-10-22-23(17-20)33-25(27-22)29(14-4-13-28-15-12-26-18-28)24(30)11-16-34(31,32)21-8-5-19(2)6-9-21/h5-10,12,15,17-18H,3-4,11,13-14,16H2,1-2H3. The number of imidazole rings is 1.